The highest BCUT2D eigenvalue weighted by atomic mass is 32.2. The van der Waals surface area contributed by atoms with Crippen LogP contribution >= 0.6 is 0 Å². The van der Waals surface area contributed by atoms with Crippen LogP contribution < -0.4 is 5.32 Å². The van der Waals surface area contributed by atoms with Gasteiger partial charge in [-0.15, -0.1) is 0 Å². The Hall–Kier alpha value is -3.30. The van der Waals surface area contributed by atoms with Crippen LogP contribution in [-0.2, 0) is 16.4 Å². The van der Waals surface area contributed by atoms with Crippen LogP contribution in [0, 0.1) is 0 Å². The Kier molecular flexibility index (Phi) is 4.91. The normalized spacial score (nSPS) is 16.5. The van der Waals surface area contributed by atoms with Crippen LogP contribution in [0.25, 0.3) is 16.4 Å². The van der Waals surface area contributed by atoms with Gasteiger partial charge in [-0.2, -0.15) is 0 Å². The average Bonchev–Trinajstić information content (AvgIpc) is 3.14. The van der Waals surface area contributed by atoms with E-state index in [0.29, 0.717) is 25.5 Å². The third-order valence-corrected chi connectivity index (χ3v) is 7.09. The molecule has 1 fully saturated rings. The highest BCUT2D eigenvalue weighted by Gasteiger charge is 2.24. The molecule has 3 aromatic heterocycles. The zero-order valence-electron chi connectivity index (χ0n) is 16.7. The van der Waals surface area contributed by atoms with E-state index in [9.17, 15) is 13.2 Å². The zero-order chi connectivity index (χ0) is 21.4. The number of para-hydroxylation sites is 1. The van der Waals surface area contributed by atoms with Crippen molar-refractivity contribution in [1.29, 1.82) is 0 Å². The molecule has 158 valence electrons. The Bertz CT molecular complexity index is 1380. The molecule has 1 amide bonds. The summed E-state index contributed by atoms with van der Waals surface area (Å²) in [5.74, 6) is 0.681. The summed E-state index contributed by atoms with van der Waals surface area (Å²) in [5.41, 5.74) is 2.37. The molecule has 0 spiro atoms. The first-order chi connectivity index (χ1) is 15.0. The van der Waals surface area contributed by atoms with Crippen molar-refractivity contribution in [3.63, 3.8) is 0 Å². The van der Waals surface area contributed by atoms with Gasteiger partial charge in [-0.25, -0.2) is 18.4 Å². The van der Waals surface area contributed by atoms with Crippen LogP contribution in [-0.4, -0.2) is 58.2 Å². The fourth-order valence-corrected chi connectivity index (χ4v) is 5.08. The lowest BCUT2D eigenvalue weighted by Crippen LogP contribution is -2.39. The monoisotopic (exact) mass is 435 g/mol. The number of anilines is 1. The molecule has 1 aliphatic rings. The van der Waals surface area contributed by atoms with Gasteiger partial charge in [0.2, 0.25) is 5.82 Å². The number of nitrogens with zero attached hydrogens (tertiary/aromatic N) is 4. The third kappa shape index (κ3) is 4.01. The Balaban J connectivity index is 1.42. The van der Waals surface area contributed by atoms with Crippen molar-refractivity contribution >= 4 is 38.0 Å². The molecular formula is C22H21N5O3S. The van der Waals surface area contributed by atoms with E-state index in [4.69, 9.17) is 0 Å². The molecule has 4 heterocycles. The quantitative estimate of drug-likeness (QED) is 0.529. The molecule has 1 N–H and O–H groups in total. The van der Waals surface area contributed by atoms with Crippen molar-refractivity contribution in [2.24, 2.45) is 0 Å². The number of aromatic nitrogens is 3. The predicted octanol–water partition coefficient (Wildman–Crippen LogP) is 2.37. The standard InChI is InChI=1S/C22H21N5O3S/c28-22(25-20-9-8-16-5-1-2-6-17(16)23-20)21-24-18(19-7-3-4-10-27(19)21)15-26-11-13-31(29,30)14-12-26/h1-10H,11-15H2,(H,23,25,28). The zero-order valence-corrected chi connectivity index (χ0v) is 17.5. The third-order valence-electron chi connectivity index (χ3n) is 5.48. The van der Waals surface area contributed by atoms with Gasteiger partial charge >= 0.3 is 0 Å². The summed E-state index contributed by atoms with van der Waals surface area (Å²) in [4.78, 5) is 24.2. The van der Waals surface area contributed by atoms with E-state index < -0.39 is 9.84 Å². The van der Waals surface area contributed by atoms with Gasteiger partial charge in [-0.05, 0) is 30.3 Å². The van der Waals surface area contributed by atoms with Crippen LogP contribution in [0.5, 0.6) is 0 Å². The number of rotatable bonds is 4. The molecule has 1 saturated heterocycles. The second-order valence-corrected chi connectivity index (χ2v) is 9.91. The van der Waals surface area contributed by atoms with Gasteiger partial charge in [0.05, 0.1) is 28.2 Å². The lowest BCUT2D eigenvalue weighted by atomic mass is 10.2. The topological polar surface area (TPSA) is 96.7 Å². The van der Waals surface area contributed by atoms with E-state index in [2.05, 4.69) is 20.2 Å². The average molecular weight is 436 g/mol. The minimum atomic E-state index is -2.95. The Morgan fingerprint density at radius 3 is 2.58 bits per heavy atom. The van der Waals surface area contributed by atoms with Gasteiger partial charge in [0.1, 0.15) is 5.82 Å². The molecule has 0 saturated carbocycles. The largest absolute Gasteiger partial charge is 0.304 e. The van der Waals surface area contributed by atoms with Crippen LogP contribution in [0.2, 0.25) is 0 Å². The summed E-state index contributed by atoms with van der Waals surface area (Å²) in [6, 6.07) is 17.0. The summed E-state index contributed by atoms with van der Waals surface area (Å²) >= 11 is 0. The first-order valence-corrected chi connectivity index (χ1v) is 11.9. The highest BCUT2D eigenvalue weighted by Crippen LogP contribution is 2.19. The number of hydrogen-bond donors (Lipinski definition) is 1. The first-order valence-electron chi connectivity index (χ1n) is 10.0. The number of carbonyl (C=O) groups excluding carboxylic acids is 1. The van der Waals surface area contributed by atoms with Crippen LogP contribution in [0.4, 0.5) is 5.82 Å². The molecule has 0 unspecified atom stereocenters. The molecule has 0 radical (unpaired) electrons. The van der Waals surface area contributed by atoms with E-state index in [1.54, 1.807) is 16.7 Å². The molecule has 0 atom stereocenters. The first kappa shape index (κ1) is 19.7. The summed E-state index contributed by atoms with van der Waals surface area (Å²) < 4.78 is 25.2. The molecule has 0 aliphatic carbocycles. The number of imidazole rings is 1. The molecule has 0 bridgehead atoms. The minimum Gasteiger partial charge on any atom is -0.304 e. The van der Waals surface area contributed by atoms with Crippen LogP contribution in [0.3, 0.4) is 0 Å². The van der Waals surface area contributed by atoms with Crippen molar-refractivity contribution in [1.82, 2.24) is 19.3 Å². The number of carbonyl (C=O) groups is 1. The molecule has 9 heteroatoms. The predicted molar refractivity (Wildman–Crippen MR) is 119 cm³/mol. The lowest BCUT2D eigenvalue weighted by molar-refractivity contribution is 0.101. The van der Waals surface area contributed by atoms with Gasteiger partial charge < -0.3 is 5.32 Å². The summed E-state index contributed by atoms with van der Waals surface area (Å²) in [6.45, 7) is 1.43. The maximum Gasteiger partial charge on any atom is 0.293 e. The summed E-state index contributed by atoms with van der Waals surface area (Å²) in [5, 5.41) is 3.84. The number of hydrogen-bond acceptors (Lipinski definition) is 6. The Morgan fingerprint density at radius 1 is 0.968 bits per heavy atom. The summed E-state index contributed by atoms with van der Waals surface area (Å²) in [6.07, 6.45) is 1.80. The number of pyridine rings is 2. The van der Waals surface area contributed by atoms with E-state index in [1.807, 2.05) is 48.5 Å². The van der Waals surface area contributed by atoms with Crippen molar-refractivity contribution in [2.75, 3.05) is 29.9 Å². The van der Waals surface area contributed by atoms with Gasteiger partial charge in [0, 0.05) is 31.2 Å². The van der Waals surface area contributed by atoms with Crippen molar-refractivity contribution < 1.29 is 13.2 Å². The van der Waals surface area contributed by atoms with Gasteiger partial charge in [0.15, 0.2) is 9.84 Å². The fourth-order valence-electron chi connectivity index (χ4n) is 3.81. The lowest BCUT2D eigenvalue weighted by Gasteiger charge is -2.25. The fraction of sp³-hybridized carbons (Fsp3) is 0.227. The Labute approximate surface area is 179 Å². The van der Waals surface area contributed by atoms with E-state index >= 15 is 0 Å². The van der Waals surface area contributed by atoms with Crippen LogP contribution in [0.1, 0.15) is 16.3 Å². The smallest absolute Gasteiger partial charge is 0.293 e. The van der Waals surface area contributed by atoms with Crippen molar-refractivity contribution in [3.05, 3.63) is 72.3 Å². The summed E-state index contributed by atoms with van der Waals surface area (Å²) in [7, 11) is -2.95. The number of sulfone groups is 1. The molecule has 31 heavy (non-hydrogen) atoms. The maximum absolute atomic E-state index is 13.0. The minimum absolute atomic E-state index is 0.153. The number of amides is 1. The second-order valence-electron chi connectivity index (χ2n) is 7.61. The van der Waals surface area contributed by atoms with Crippen molar-refractivity contribution in [3.8, 4) is 0 Å². The number of benzene rings is 1. The van der Waals surface area contributed by atoms with E-state index in [0.717, 1.165) is 22.1 Å². The van der Waals surface area contributed by atoms with Crippen molar-refractivity contribution in [2.45, 2.75) is 6.54 Å². The molecular weight excluding hydrogens is 414 g/mol. The number of nitrogens with one attached hydrogen (secondary N) is 1. The van der Waals surface area contributed by atoms with Gasteiger partial charge in [-0.3, -0.25) is 14.1 Å². The molecule has 5 rings (SSSR count). The van der Waals surface area contributed by atoms with Crippen LogP contribution in [0.15, 0.2) is 60.8 Å². The molecule has 1 aromatic carbocycles. The van der Waals surface area contributed by atoms with E-state index in [1.165, 1.54) is 0 Å². The highest BCUT2D eigenvalue weighted by molar-refractivity contribution is 7.91. The Morgan fingerprint density at radius 2 is 1.74 bits per heavy atom. The molecule has 8 nitrogen and oxygen atoms in total. The molecule has 4 aromatic rings. The maximum atomic E-state index is 13.0. The van der Waals surface area contributed by atoms with E-state index in [-0.39, 0.29) is 23.2 Å². The second kappa shape index (κ2) is 7.75. The SMILES string of the molecule is O=C(Nc1ccc2ccccc2n1)c1nc(CN2CCS(=O)(=O)CC2)c2ccccn12. The van der Waals surface area contributed by atoms with Gasteiger partial charge in [-0.1, -0.05) is 24.3 Å². The van der Waals surface area contributed by atoms with Gasteiger partial charge in [0.25, 0.3) is 5.91 Å². The molecule has 1 aliphatic heterocycles. The number of fused-ring (bicyclic) bond motifs is 2.